The SMILES string of the molecule is CCOc1ccccc1N1CC(c2nc3ccccc3n2CCCOc2cccc(C)c2C)CC1=O. The summed E-state index contributed by atoms with van der Waals surface area (Å²) in [6, 6.07) is 22.1. The van der Waals surface area contributed by atoms with Crippen molar-refractivity contribution in [3.8, 4) is 11.5 Å². The van der Waals surface area contributed by atoms with Crippen LogP contribution in [0.2, 0.25) is 0 Å². The van der Waals surface area contributed by atoms with Crippen LogP contribution in [0, 0.1) is 13.8 Å². The predicted octanol–water partition coefficient (Wildman–Crippen LogP) is 6.04. The summed E-state index contributed by atoms with van der Waals surface area (Å²) in [5, 5.41) is 0. The molecule has 0 spiro atoms. The predicted molar refractivity (Wildman–Crippen MR) is 143 cm³/mol. The van der Waals surface area contributed by atoms with Gasteiger partial charge in [0.15, 0.2) is 0 Å². The van der Waals surface area contributed by atoms with Crippen molar-refractivity contribution in [2.45, 2.75) is 46.1 Å². The molecule has 3 aromatic carbocycles. The maximum absolute atomic E-state index is 13.1. The lowest BCUT2D eigenvalue weighted by Crippen LogP contribution is -2.25. The molecule has 1 atom stereocenters. The van der Waals surface area contributed by atoms with Gasteiger partial charge in [0.05, 0.1) is 29.9 Å². The third-order valence-electron chi connectivity index (χ3n) is 6.97. The fraction of sp³-hybridized carbons (Fsp3) is 0.333. The largest absolute Gasteiger partial charge is 0.493 e. The van der Waals surface area contributed by atoms with E-state index in [1.54, 1.807) is 0 Å². The Morgan fingerprint density at radius 1 is 0.944 bits per heavy atom. The summed E-state index contributed by atoms with van der Waals surface area (Å²) in [4.78, 5) is 20.0. The Morgan fingerprint density at radius 3 is 2.58 bits per heavy atom. The van der Waals surface area contributed by atoms with Gasteiger partial charge in [-0.05, 0) is 68.7 Å². The van der Waals surface area contributed by atoms with Crippen LogP contribution in [0.5, 0.6) is 11.5 Å². The van der Waals surface area contributed by atoms with E-state index in [2.05, 4.69) is 30.5 Å². The summed E-state index contributed by atoms with van der Waals surface area (Å²) in [7, 11) is 0. The summed E-state index contributed by atoms with van der Waals surface area (Å²) in [6.07, 6.45) is 1.28. The number of aromatic nitrogens is 2. The molecule has 186 valence electrons. The van der Waals surface area contributed by atoms with Crippen molar-refractivity contribution < 1.29 is 14.3 Å². The minimum atomic E-state index is 0.0134. The highest BCUT2D eigenvalue weighted by Gasteiger charge is 2.35. The topological polar surface area (TPSA) is 56.6 Å². The molecule has 1 saturated heterocycles. The first-order chi connectivity index (χ1) is 17.6. The maximum atomic E-state index is 13.1. The Balaban J connectivity index is 1.36. The monoisotopic (exact) mass is 483 g/mol. The zero-order chi connectivity index (χ0) is 25.1. The van der Waals surface area contributed by atoms with E-state index in [-0.39, 0.29) is 11.8 Å². The molecule has 0 aliphatic carbocycles. The van der Waals surface area contributed by atoms with Crippen molar-refractivity contribution in [1.29, 1.82) is 0 Å². The van der Waals surface area contributed by atoms with E-state index in [1.807, 2.05) is 66.4 Å². The lowest BCUT2D eigenvalue weighted by Gasteiger charge is -2.20. The van der Waals surface area contributed by atoms with Crippen LogP contribution in [0.1, 0.15) is 42.6 Å². The van der Waals surface area contributed by atoms with Crippen LogP contribution in [0.3, 0.4) is 0 Å². The molecule has 1 aliphatic heterocycles. The minimum Gasteiger partial charge on any atom is -0.493 e. The number of anilines is 1. The number of nitrogens with zero attached hydrogens (tertiary/aromatic N) is 3. The van der Waals surface area contributed by atoms with Gasteiger partial charge < -0.3 is 18.9 Å². The Hall–Kier alpha value is -3.80. The average molecular weight is 484 g/mol. The van der Waals surface area contributed by atoms with E-state index < -0.39 is 0 Å². The molecular weight excluding hydrogens is 450 g/mol. The van der Waals surface area contributed by atoms with Crippen molar-refractivity contribution in [3.05, 3.63) is 83.7 Å². The first kappa shape index (κ1) is 23.9. The van der Waals surface area contributed by atoms with Gasteiger partial charge in [0.2, 0.25) is 5.91 Å². The number of amides is 1. The van der Waals surface area contributed by atoms with Gasteiger partial charge in [-0.25, -0.2) is 4.98 Å². The number of ether oxygens (including phenoxy) is 2. The smallest absolute Gasteiger partial charge is 0.227 e. The second kappa shape index (κ2) is 10.4. The fourth-order valence-corrected chi connectivity index (χ4v) is 5.00. The molecule has 5 rings (SSSR count). The van der Waals surface area contributed by atoms with Gasteiger partial charge in [-0.1, -0.05) is 36.4 Å². The first-order valence-corrected chi connectivity index (χ1v) is 12.7. The molecule has 1 aliphatic rings. The number of benzene rings is 3. The van der Waals surface area contributed by atoms with Gasteiger partial charge in [-0.3, -0.25) is 4.79 Å². The quantitative estimate of drug-likeness (QED) is 0.272. The van der Waals surface area contributed by atoms with E-state index >= 15 is 0 Å². The molecule has 36 heavy (non-hydrogen) atoms. The van der Waals surface area contributed by atoms with E-state index in [0.29, 0.717) is 26.2 Å². The highest BCUT2D eigenvalue weighted by atomic mass is 16.5. The van der Waals surface area contributed by atoms with Gasteiger partial charge in [-0.15, -0.1) is 0 Å². The van der Waals surface area contributed by atoms with E-state index in [4.69, 9.17) is 14.5 Å². The molecule has 2 heterocycles. The van der Waals surface area contributed by atoms with Crippen molar-refractivity contribution in [2.24, 2.45) is 0 Å². The highest BCUT2D eigenvalue weighted by molar-refractivity contribution is 5.97. The van der Waals surface area contributed by atoms with Crippen molar-refractivity contribution in [3.63, 3.8) is 0 Å². The molecule has 0 saturated carbocycles. The number of aryl methyl sites for hydroxylation is 2. The lowest BCUT2D eigenvalue weighted by molar-refractivity contribution is -0.117. The molecule has 0 bridgehead atoms. The first-order valence-electron chi connectivity index (χ1n) is 12.7. The van der Waals surface area contributed by atoms with Gasteiger partial charge in [0.25, 0.3) is 0 Å². The fourth-order valence-electron chi connectivity index (χ4n) is 5.00. The van der Waals surface area contributed by atoms with Gasteiger partial charge >= 0.3 is 0 Å². The summed E-state index contributed by atoms with van der Waals surface area (Å²) in [5.74, 6) is 2.76. The summed E-state index contributed by atoms with van der Waals surface area (Å²) < 4.78 is 14.2. The van der Waals surface area contributed by atoms with E-state index in [0.717, 1.165) is 47.0 Å². The highest BCUT2D eigenvalue weighted by Crippen LogP contribution is 2.37. The van der Waals surface area contributed by atoms with Crippen LogP contribution in [0.4, 0.5) is 5.69 Å². The number of carbonyl (C=O) groups is 1. The molecule has 6 heteroatoms. The maximum Gasteiger partial charge on any atom is 0.227 e. The molecule has 0 N–H and O–H groups in total. The molecule has 1 unspecified atom stereocenters. The number of imidazole rings is 1. The molecule has 6 nitrogen and oxygen atoms in total. The number of para-hydroxylation sites is 4. The second-order valence-electron chi connectivity index (χ2n) is 9.32. The normalized spacial score (nSPS) is 15.6. The van der Waals surface area contributed by atoms with Crippen molar-refractivity contribution in [1.82, 2.24) is 9.55 Å². The third-order valence-corrected chi connectivity index (χ3v) is 6.97. The van der Waals surface area contributed by atoms with Crippen LogP contribution in [0.15, 0.2) is 66.7 Å². The number of hydrogen-bond acceptors (Lipinski definition) is 4. The zero-order valence-corrected chi connectivity index (χ0v) is 21.2. The van der Waals surface area contributed by atoms with Crippen molar-refractivity contribution in [2.75, 3.05) is 24.7 Å². The number of carbonyl (C=O) groups excluding carboxylic acids is 1. The summed E-state index contributed by atoms with van der Waals surface area (Å²) in [6.45, 7) is 8.70. The number of fused-ring (bicyclic) bond motifs is 1. The summed E-state index contributed by atoms with van der Waals surface area (Å²) in [5.41, 5.74) is 5.31. The number of rotatable bonds is 9. The zero-order valence-electron chi connectivity index (χ0n) is 21.2. The third kappa shape index (κ3) is 4.68. The van der Waals surface area contributed by atoms with E-state index in [1.165, 1.54) is 11.1 Å². The van der Waals surface area contributed by atoms with E-state index in [9.17, 15) is 4.79 Å². The molecule has 1 amide bonds. The Morgan fingerprint density at radius 2 is 1.72 bits per heavy atom. The lowest BCUT2D eigenvalue weighted by atomic mass is 10.1. The van der Waals surface area contributed by atoms with Crippen LogP contribution in [0.25, 0.3) is 11.0 Å². The summed E-state index contributed by atoms with van der Waals surface area (Å²) >= 11 is 0. The Labute approximate surface area is 212 Å². The van der Waals surface area contributed by atoms with Crippen LogP contribution in [-0.4, -0.2) is 35.2 Å². The van der Waals surface area contributed by atoms with Crippen LogP contribution >= 0.6 is 0 Å². The Kier molecular flexibility index (Phi) is 6.94. The standard InChI is InChI=1S/C30H33N3O3/c1-4-35-28-15-8-7-14-26(28)33-20-23(19-29(33)34)30-31-24-12-5-6-13-25(24)32(30)17-10-18-36-27-16-9-11-21(2)22(27)3/h5-9,11-16,23H,4,10,17-20H2,1-3H3. The molecule has 0 radical (unpaired) electrons. The van der Waals surface area contributed by atoms with Gasteiger partial charge in [-0.2, -0.15) is 0 Å². The van der Waals surface area contributed by atoms with Gasteiger partial charge in [0.1, 0.15) is 17.3 Å². The Bertz CT molecular complexity index is 1380. The van der Waals surface area contributed by atoms with Crippen LogP contribution < -0.4 is 14.4 Å². The average Bonchev–Trinajstić information content (AvgIpc) is 3.45. The minimum absolute atomic E-state index is 0.0134. The van der Waals surface area contributed by atoms with Gasteiger partial charge in [0, 0.05) is 25.4 Å². The second-order valence-corrected chi connectivity index (χ2v) is 9.32. The van der Waals surface area contributed by atoms with Crippen molar-refractivity contribution >= 4 is 22.6 Å². The molecule has 1 fully saturated rings. The van der Waals surface area contributed by atoms with Crippen LogP contribution in [-0.2, 0) is 11.3 Å². The molecule has 4 aromatic rings. The molecular formula is C30H33N3O3. The number of hydrogen-bond donors (Lipinski definition) is 0. The molecule has 1 aromatic heterocycles.